The van der Waals surface area contributed by atoms with Gasteiger partial charge in [0.1, 0.15) is 0 Å². The van der Waals surface area contributed by atoms with Crippen LogP contribution in [0.3, 0.4) is 0 Å². The van der Waals surface area contributed by atoms with Crippen molar-refractivity contribution < 1.29 is 23.8 Å². The van der Waals surface area contributed by atoms with Crippen molar-refractivity contribution in [1.29, 1.82) is 0 Å². The highest BCUT2D eigenvalue weighted by molar-refractivity contribution is 5.87. The first kappa shape index (κ1) is 20.5. The molecule has 1 atom stereocenters. The van der Waals surface area contributed by atoms with E-state index in [0.717, 1.165) is 24.8 Å². The SMILES string of the molecule is COC(=O)/C=C/c1ccc(OCC(=O)NC2CCCc3ccccc32)c(OC)c1. The Bertz CT molecular complexity index is 906. The average Bonchev–Trinajstić information content (AvgIpc) is 2.76. The van der Waals surface area contributed by atoms with Gasteiger partial charge in [0.25, 0.3) is 5.91 Å². The zero-order valence-electron chi connectivity index (χ0n) is 16.6. The molecule has 1 N–H and O–H groups in total. The van der Waals surface area contributed by atoms with Crippen LogP contribution in [0, 0.1) is 0 Å². The molecule has 1 aliphatic rings. The van der Waals surface area contributed by atoms with Crippen LogP contribution in [-0.2, 0) is 20.7 Å². The molecule has 0 bridgehead atoms. The maximum Gasteiger partial charge on any atom is 0.330 e. The molecule has 152 valence electrons. The maximum atomic E-state index is 12.4. The number of ether oxygens (including phenoxy) is 3. The fourth-order valence-electron chi connectivity index (χ4n) is 3.42. The van der Waals surface area contributed by atoms with Crippen molar-refractivity contribution in [3.63, 3.8) is 0 Å². The van der Waals surface area contributed by atoms with Crippen molar-refractivity contribution in [2.24, 2.45) is 0 Å². The van der Waals surface area contributed by atoms with Gasteiger partial charge in [-0.15, -0.1) is 0 Å². The smallest absolute Gasteiger partial charge is 0.330 e. The number of methoxy groups -OCH3 is 2. The molecule has 0 aliphatic heterocycles. The Morgan fingerprint density at radius 1 is 1.14 bits per heavy atom. The molecule has 0 fully saturated rings. The molecular weight excluding hydrogens is 370 g/mol. The molecule has 0 heterocycles. The van der Waals surface area contributed by atoms with Crippen molar-refractivity contribution in [3.05, 3.63) is 65.2 Å². The van der Waals surface area contributed by atoms with Crippen LogP contribution < -0.4 is 14.8 Å². The number of carbonyl (C=O) groups excluding carboxylic acids is 2. The summed E-state index contributed by atoms with van der Waals surface area (Å²) in [6.45, 7) is -0.105. The monoisotopic (exact) mass is 395 g/mol. The molecule has 0 saturated heterocycles. The van der Waals surface area contributed by atoms with Crippen molar-refractivity contribution in [2.45, 2.75) is 25.3 Å². The van der Waals surface area contributed by atoms with E-state index in [9.17, 15) is 9.59 Å². The summed E-state index contributed by atoms with van der Waals surface area (Å²) in [5.41, 5.74) is 3.23. The lowest BCUT2D eigenvalue weighted by atomic mass is 9.88. The minimum Gasteiger partial charge on any atom is -0.493 e. The topological polar surface area (TPSA) is 73.9 Å². The predicted octanol–water partition coefficient (Wildman–Crippen LogP) is 3.45. The normalized spacial score (nSPS) is 15.4. The molecule has 6 nitrogen and oxygen atoms in total. The zero-order chi connectivity index (χ0) is 20.6. The number of nitrogens with one attached hydrogen (secondary N) is 1. The molecule has 3 rings (SSSR count). The first-order valence-electron chi connectivity index (χ1n) is 9.54. The average molecular weight is 395 g/mol. The van der Waals surface area contributed by atoms with Crippen molar-refractivity contribution in [3.8, 4) is 11.5 Å². The Balaban J connectivity index is 1.60. The summed E-state index contributed by atoms with van der Waals surface area (Å²) in [4.78, 5) is 23.6. The molecule has 29 heavy (non-hydrogen) atoms. The van der Waals surface area contributed by atoms with Crippen LogP contribution in [0.1, 0.15) is 35.6 Å². The summed E-state index contributed by atoms with van der Waals surface area (Å²) in [7, 11) is 2.84. The molecule has 6 heteroatoms. The van der Waals surface area contributed by atoms with Gasteiger partial charge in [0, 0.05) is 6.08 Å². The summed E-state index contributed by atoms with van der Waals surface area (Å²) < 4.78 is 15.6. The Kier molecular flexibility index (Phi) is 6.89. The van der Waals surface area contributed by atoms with Gasteiger partial charge >= 0.3 is 5.97 Å². The number of benzene rings is 2. The lowest BCUT2D eigenvalue weighted by Crippen LogP contribution is -2.34. The minimum absolute atomic E-state index is 0.0174. The summed E-state index contributed by atoms with van der Waals surface area (Å²) in [5, 5.41) is 3.07. The second-order valence-electron chi connectivity index (χ2n) is 6.77. The Morgan fingerprint density at radius 3 is 2.76 bits per heavy atom. The van der Waals surface area contributed by atoms with Crippen molar-refractivity contribution in [2.75, 3.05) is 20.8 Å². The van der Waals surface area contributed by atoms with E-state index in [4.69, 9.17) is 9.47 Å². The highest BCUT2D eigenvalue weighted by Crippen LogP contribution is 2.30. The van der Waals surface area contributed by atoms with Crippen LogP contribution in [0.4, 0.5) is 0 Å². The number of aryl methyl sites for hydroxylation is 1. The number of amides is 1. The molecular formula is C23H25NO5. The fraction of sp³-hybridized carbons (Fsp3) is 0.304. The van der Waals surface area contributed by atoms with Gasteiger partial charge in [0.2, 0.25) is 0 Å². The van der Waals surface area contributed by atoms with Crippen molar-refractivity contribution >= 4 is 18.0 Å². The van der Waals surface area contributed by atoms with E-state index in [0.29, 0.717) is 11.5 Å². The quantitative estimate of drug-likeness (QED) is 0.574. The van der Waals surface area contributed by atoms with E-state index in [1.54, 1.807) is 24.3 Å². The van der Waals surface area contributed by atoms with Crippen LogP contribution >= 0.6 is 0 Å². The second kappa shape index (κ2) is 9.78. The highest BCUT2D eigenvalue weighted by Gasteiger charge is 2.21. The number of hydrogen-bond donors (Lipinski definition) is 1. The first-order chi connectivity index (χ1) is 14.1. The zero-order valence-corrected chi connectivity index (χ0v) is 16.6. The van der Waals surface area contributed by atoms with E-state index in [1.165, 1.54) is 31.4 Å². The lowest BCUT2D eigenvalue weighted by Gasteiger charge is -2.26. The third kappa shape index (κ3) is 5.38. The van der Waals surface area contributed by atoms with Gasteiger partial charge in [-0.2, -0.15) is 0 Å². The van der Waals surface area contributed by atoms with Gasteiger partial charge in [-0.3, -0.25) is 4.79 Å². The molecule has 0 spiro atoms. The van der Waals surface area contributed by atoms with Crippen LogP contribution in [0.15, 0.2) is 48.5 Å². The third-order valence-corrected chi connectivity index (χ3v) is 4.86. The number of esters is 1. The number of hydrogen-bond acceptors (Lipinski definition) is 5. The molecule has 2 aromatic carbocycles. The molecule has 2 aromatic rings. The lowest BCUT2D eigenvalue weighted by molar-refractivity contribution is -0.134. The number of fused-ring (bicyclic) bond motifs is 1. The first-order valence-corrected chi connectivity index (χ1v) is 9.54. The standard InChI is InChI=1S/C23H25NO5/c1-27-21-14-16(11-13-23(26)28-2)10-12-20(21)29-15-22(25)24-19-9-5-7-17-6-3-4-8-18(17)19/h3-4,6,8,10-14,19H,5,7,9,15H2,1-2H3,(H,24,25)/b13-11+. The summed E-state index contributed by atoms with van der Waals surface area (Å²) >= 11 is 0. The van der Waals surface area contributed by atoms with Gasteiger partial charge in [-0.1, -0.05) is 30.3 Å². The molecule has 0 aromatic heterocycles. The van der Waals surface area contributed by atoms with Crippen LogP contribution in [0.2, 0.25) is 0 Å². The number of rotatable bonds is 7. The van der Waals surface area contributed by atoms with E-state index < -0.39 is 5.97 Å². The Hall–Kier alpha value is -3.28. The van der Waals surface area contributed by atoms with Crippen LogP contribution in [0.25, 0.3) is 6.08 Å². The fourth-order valence-corrected chi connectivity index (χ4v) is 3.42. The molecule has 0 radical (unpaired) electrons. The third-order valence-electron chi connectivity index (χ3n) is 4.86. The summed E-state index contributed by atoms with van der Waals surface area (Å²) in [6, 6.07) is 13.4. The van der Waals surface area contributed by atoms with Gasteiger partial charge in [-0.25, -0.2) is 4.79 Å². The van der Waals surface area contributed by atoms with Crippen LogP contribution in [-0.4, -0.2) is 32.7 Å². The van der Waals surface area contributed by atoms with E-state index in [-0.39, 0.29) is 18.6 Å². The molecule has 1 amide bonds. The van der Waals surface area contributed by atoms with Crippen molar-refractivity contribution in [1.82, 2.24) is 5.32 Å². The van der Waals surface area contributed by atoms with E-state index in [2.05, 4.69) is 22.2 Å². The molecule has 1 aliphatic carbocycles. The van der Waals surface area contributed by atoms with Gasteiger partial charge in [-0.05, 0) is 54.2 Å². The Morgan fingerprint density at radius 2 is 1.97 bits per heavy atom. The predicted molar refractivity (Wildman–Crippen MR) is 110 cm³/mol. The van der Waals surface area contributed by atoms with E-state index in [1.807, 2.05) is 12.1 Å². The van der Waals surface area contributed by atoms with E-state index >= 15 is 0 Å². The van der Waals surface area contributed by atoms with Gasteiger partial charge in [0.05, 0.1) is 20.3 Å². The van der Waals surface area contributed by atoms with Crippen LogP contribution in [0.5, 0.6) is 11.5 Å². The Labute approximate surface area is 170 Å². The minimum atomic E-state index is -0.440. The maximum absolute atomic E-state index is 12.4. The molecule has 0 saturated carbocycles. The summed E-state index contributed by atoms with van der Waals surface area (Å²) in [6.07, 6.45) is 5.97. The highest BCUT2D eigenvalue weighted by atomic mass is 16.5. The number of carbonyl (C=O) groups is 2. The van der Waals surface area contributed by atoms with Gasteiger partial charge < -0.3 is 19.5 Å². The largest absolute Gasteiger partial charge is 0.493 e. The summed E-state index contributed by atoms with van der Waals surface area (Å²) in [5.74, 6) is 0.323. The second-order valence-corrected chi connectivity index (χ2v) is 6.77. The van der Waals surface area contributed by atoms with Gasteiger partial charge in [0.15, 0.2) is 18.1 Å². The molecule has 1 unspecified atom stereocenters.